The van der Waals surface area contributed by atoms with Crippen molar-refractivity contribution in [2.75, 3.05) is 30.9 Å². The number of aromatic nitrogens is 2. The molecule has 6 nitrogen and oxygen atoms in total. The first-order valence-corrected chi connectivity index (χ1v) is 10.4. The van der Waals surface area contributed by atoms with Crippen LogP contribution in [0.25, 0.3) is 0 Å². The fourth-order valence-corrected chi connectivity index (χ4v) is 3.66. The molecular formula is C20H26IN5O. The van der Waals surface area contributed by atoms with Crippen molar-refractivity contribution in [3.63, 3.8) is 0 Å². The molecule has 144 valence electrons. The second-order valence-corrected chi connectivity index (χ2v) is 8.46. The number of nitrogens with one attached hydrogen (secondary N) is 2. The van der Waals surface area contributed by atoms with Crippen LogP contribution in [0.15, 0.2) is 36.5 Å². The summed E-state index contributed by atoms with van der Waals surface area (Å²) in [4.78, 5) is 23.1. The van der Waals surface area contributed by atoms with Crippen molar-refractivity contribution in [1.82, 2.24) is 15.3 Å². The summed E-state index contributed by atoms with van der Waals surface area (Å²) in [5, 5.41) is 6.54. The average molecular weight is 479 g/mol. The van der Waals surface area contributed by atoms with Crippen LogP contribution in [0.2, 0.25) is 0 Å². The van der Waals surface area contributed by atoms with E-state index >= 15 is 0 Å². The molecule has 0 unspecified atom stereocenters. The maximum atomic E-state index is 12.2. The third-order valence-corrected chi connectivity index (χ3v) is 5.66. The highest BCUT2D eigenvalue weighted by molar-refractivity contribution is 14.1. The number of hydrogen-bond donors (Lipinski definition) is 2. The molecule has 1 amide bonds. The lowest BCUT2D eigenvalue weighted by Gasteiger charge is -2.29. The molecule has 2 aromatic rings. The molecule has 0 atom stereocenters. The Morgan fingerprint density at radius 1 is 1.15 bits per heavy atom. The second-order valence-electron chi connectivity index (χ2n) is 7.21. The van der Waals surface area contributed by atoms with Crippen LogP contribution in [0.3, 0.4) is 0 Å². The van der Waals surface area contributed by atoms with E-state index in [1.54, 1.807) is 6.20 Å². The second kappa shape index (κ2) is 9.34. The SMILES string of the molecule is CN(C)c1ccnc(N[C@H]2CC[C@@H](CNC(=O)c3ccc(I)cc3)CC2)n1. The molecule has 0 bridgehead atoms. The zero-order valence-corrected chi connectivity index (χ0v) is 17.9. The first-order valence-electron chi connectivity index (χ1n) is 9.32. The van der Waals surface area contributed by atoms with Crippen molar-refractivity contribution in [3.05, 3.63) is 45.7 Å². The molecule has 3 rings (SSSR count). The predicted octanol–water partition coefficient (Wildman–Crippen LogP) is 3.55. The largest absolute Gasteiger partial charge is 0.363 e. The number of rotatable bonds is 6. The lowest BCUT2D eigenvalue weighted by Crippen LogP contribution is -2.34. The van der Waals surface area contributed by atoms with Crippen molar-refractivity contribution >= 4 is 40.3 Å². The molecule has 1 aromatic carbocycles. The highest BCUT2D eigenvalue weighted by atomic mass is 127. The van der Waals surface area contributed by atoms with Gasteiger partial charge in [0.2, 0.25) is 5.95 Å². The Morgan fingerprint density at radius 3 is 2.52 bits per heavy atom. The number of carbonyl (C=O) groups is 1. The monoisotopic (exact) mass is 479 g/mol. The van der Waals surface area contributed by atoms with Gasteiger partial charge in [-0.05, 0) is 84.5 Å². The Kier molecular flexibility index (Phi) is 6.87. The normalized spacial score (nSPS) is 19.4. The van der Waals surface area contributed by atoms with Gasteiger partial charge in [-0.15, -0.1) is 0 Å². The Morgan fingerprint density at radius 2 is 1.85 bits per heavy atom. The first kappa shape index (κ1) is 19.9. The number of amides is 1. The van der Waals surface area contributed by atoms with Crippen LogP contribution in [0.1, 0.15) is 36.0 Å². The number of anilines is 2. The van der Waals surface area contributed by atoms with Crippen LogP contribution >= 0.6 is 22.6 Å². The lowest BCUT2D eigenvalue weighted by molar-refractivity contribution is 0.0943. The molecule has 1 aliphatic rings. The van der Waals surface area contributed by atoms with Crippen molar-refractivity contribution in [3.8, 4) is 0 Å². The number of carbonyl (C=O) groups excluding carboxylic acids is 1. The number of hydrogen-bond acceptors (Lipinski definition) is 5. The van der Waals surface area contributed by atoms with Gasteiger partial charge >= 0.3 is 0 Å². The van der Waals surface area contributed by atoms with Crippen LogP contribution in [-0.2, 0) is 0 Å². The highest BCUT2D eigenvalue weighted by Gasteiger charge is 2.22. The zero-order chi connectivity index (χ0) is 19.2. The quantitative estimate of drug-likeness (QED) is 0.621. The molecular weight excluding hydrogens is 453 g/mol. The van der Waals surface area contributed by atoms with Gasteiger partial charge in [0.15, 0.2) is 0 Å². The van der Waals surface area contributed by atoms with E-state index in [4.69, 9.17) is 0 Å². The summed E-state index contributed by atoms with van der Waals surface area (Å²) in [5.41, 5.74) is 0.726. The van der Waals surface area contributed by atoms with E-state index in [1.165, 1.54) is 0 Å². The molecule has 1 aromatic heterocycles. The van der Waals surface area contributed by atoms with E-state index in [9.17, 15) is 4.79 Å². The van der Waals surface area contributed by atoms with Crippen LogP contribution in [-0.4, -0.2) is 42.6 Å². The van der Waals surface area contributed by atoms with Gasteiger partial charge in [0.1, 0.15) is 5.82 Å². The van der Waals surface area contributed by atoms with Gasteiger partial charge < -0.3 is 15.5 Å². The Hall–Kier alpha value is -1.90. The van der Waals surface area contributed by atoms with Gasteiger partial charge in [-0.2, -0.15) is 4.98 Å². The number of nitrogens with zero attached hydrogens (tertiary/aromatic N) is 3. The molecule has 1 saturated carbocycles. The number of benzene rings is 1. The fraction of sp³-hybridized carbons (Fsp3) is 0.450. The molecule has 1 fully saturated rings. The summed E-state index contributed by atoms with van der Waals surface area (Å²) >= 11 is 2.24. The minimum absolute atomic E-state index is 0.0144. The highest BCUT2D eigenvalue weighted by Crippen LogP contribution is 2.26. The average Bonchev–Trinajstić information content (AvgIpc) is 2.68. The Labute approximate surface area is 174 Å². The van der Waals surface area contributed by atoms with Gasteiger partial charge in [-0.3, -0.25) is 4.79 Å². The Bertz CT molecular complexity index is 757. The van der Waals surface area contributed by atoms with Crippen molar-refractivity contribution in [2.45, 2.75) is 31.7 Å². The number of halogens is 1. The fourth-order valence-electron chi connectivity index (χ4n) is 3.30. The van der Waals surface area contributed by atoms with Crippen LogP contribution in [0.5, 0.6) is 0 Å². The van der Waals surface area contributed by atoms with Gasteiger partial charge in [0, 0.05) is 42.0 Å². The summed E-state index contributed by atoms with van der Waals surface area (Å²) in [6.07, 6.45) is 6.12. The minimum Gasteiger partial charge on any atom is -0.363 e. The standard InChI is InChI=1S/C20H26IN5O/c1-26(2)18-11-12-22-20(25-18)24-17-9-3-14(4-10-17)13-23-19(27)15-5-7-16(21)8-6-15/h5-8,11-12,14,17H,3-4,9-10,13H2,1-2H3,(H,23,27)(H,22,24,25)/t14-,17+. The maximum absolute atomic E-state index is 12.2. The molecule has 1 heterocycles. The predicted molar refractivity (Wildman–Crippen MR) is 117 cm³/mol. The van der Waals surface area contributed by atoms with Gasteiger partial charge in [-0.25, -0.2) is 4.98 Å². The summed E-state index contributed by atoms with van der Waals surface area (Å²) in [6, 6.07) is 9.96. The summed E-state index contributed by atoms with van der Waals surface area (Å²) in [6.45, 7) is 0.740. The maximum Gasteiger partial charge on any atom is 0.251 e. The summed E-state index contributed by atoms with van der Waals surface area (Å²) in [5.74, 6) is 2.14. The van der Waals surface area contributed by atoms with E-state index < -0.39 is 0 Å². The van der Waals surface area contributed by atoms with Crippen molar-refractivity contribution in [2.24, 2.45) is 5.92 Å². The van der Waals surface area contributed by atoms with E-state index in [0.29, 0.717) is 17.9 Å². The summed E-state index contributed by atoms with van der Waals surface area (Å²) in [7, 11) is 3.95. The summed E-state index contributed by atoms with van der Waals surface area (Å²) < 4.78 is 1.13. The molecule has 0 saturated heterocycles. The van der Waals surface area contributed by atoms with Crippen LogP contribution in [0, 0.1) is 9.49 Å². The molecule has 1 aliphatic carbocycles. The molecule has 0 spiro atoms. The zero-order valence-electron chi connectivity index (χ0n) is 15.8. The van der Waals surface area contributed by atoms with Gasteiger partial charge in [-0.1, -0.05) is 0 Å². The van der Waals surface area contributed by atoms with E-state index in [-0.39, 0.29) is 5.91 Å². The van der Waals surface area contributed by atoms with E-state index in [0.717, 1.165) is 47.2 Å². The van der Waals surface area contributed by atoms with Gasteiger partial charge in [0.05, 0.1) is 0 Å². The third-order valence-electron chi connectivity index (χ3n) is 4.94. The smallest absolute Gasteiger partial charge is 0.251 e. The van der Waals surface area contributed by atoms with Crippen molar-refractivity contribution < 1.29 is 4.79 Å². The Balaban J connectivity index is 1.43. The van der Waals surface area contributed by atoms with E-state index in [2.05, 4.69) is 43.2 Å². The van der Waals surface area contributed by atoms with Crippen LogP contribution in [0.4, 0.5) is 11.8 Å². The third kappa shape index (κ3) is 5.79. The lowest BCUT2D eigenvalue weighted by atomic mass is 9.86. The minimum atomic E-state index is 0.0144. The molecule has 2 N–H and O–H groups in total. The molecule has 0 radical (unpaired) electrons. The molecule has 27 heavy (non-hydrogen) atoms. The topological polar surface area (TPSA) is 70.2 Å². The van der Waals surface area contributed by atoms with Crippen molar-refractivity contribution in [1.29, 1.82) is 0 Å². The first-order chi connectivity index (χ1) is 13.0. The molecule has 0 aliphatic heterocycles. The van der Waals surface area contributed by atoms with Crippen LogP contribution < -0.4 is 15.5 Å². The van der Waals surface area contributed by atoms with E-state index in [1.807, 2.05) is 49.3 Å². The molecule has 7 heteroatoms. The van der Waals surface area contributed by atoms with Gasteiger partial charge in [0.25, 0.3) is 5.91 Å².